The van der Waals surface area contributed by atoms with E-state index in [1.54, 1.807) is 0 Å². The summed E-state index contributed by atoms with van der Waals surface area (Å²) in [6.45, 7) is 2.16. The molecule has 2 nitrogen and oxygen atoms in total. The Labute approximate surface area is 115 Å². The number of hydrogen-bond acceptors (Lipinski definition) is 1. The zero-order valence-electron chi connectivity index (χ0n) is 11.6. The second kappa shape index (κ2) is 5.36. The molecule has 2 aliphatic carbocycles. The van der Waals surface area contributed by atoms with Gasteiger partial charge in [0, 0.05) is 12.0 Å². The van der Waals surface area contributed by atoms with Gasteiger partial charge in [0.2, 0.25) is 5.91 Å². The maximum atomic E-state index is 11.9. The Bertz CT molecular complexity index is 434. The Hall–Kier alpha value is -1.31. The monoisotopic (exact) mass is 257 g/mol. The number of hydrogen-bond donors (Lipinski definition) is 1. The highest BCUT2D eigenvalue weighted by atomic mass is 16.2. The predicted molar refractivity (Wildman–Crippen MR) is 76.9 cm³/mol. The van der Waals surface area contributed by atoms with E-state index in [1.165, 1.54) is 18.4 Å². The Morgan fingerprint density at radius 1 is 1.11 bits per heavy atom. The van der Waals surface area contributed by atoms with Crippen molar-refractivity contribution in [2.75, 3.05) is 0 Å². The molecule has 0 bridgehead atoms. The summed E-state index contributed by atoms with van der Waals surface area (Å²) in [4.78, 5) is 11.9. The molecular weight excluding hydrogens is 234 g/mol. The third kappa shape index (κ3) is 2.99. The van der Waals surface area contributed by atoms with Gasteiger partial charge in [-0.05, 0) is 49.5 Å². The minimum Gasteiger partial charge on any atom is -0.353 e. The summed E-state index contributed by atoms with van der Waals surface area (Å²) in [5.74, 6) is 1.91. The van der Waals surface area contributed by atoms with Crippen LogP contribution in [-0.2, 0) is 4.79 Å². The molecule has 0 radical (unpaired) electrons. The van der Waals surface area contributed by atoms with Crippen LogP contribution in [0.5, 0.6) is 0 Å². The minimum atomic E-state index is 0.302. The number of amides is 1. The fourth-order valence-electron chi connectivity index (χ4n) is 3.29. The van der Waals surface area contributed by atoms with Gasteiger partial charge in [-0.3, -0.25) is 4.79 Å². The molecule has 19 heavy (non-hydrogen) atoms. The average Bonchev–Trinajstić information content (AvgIpc) is 3.18. The Morgan fingerprint density at radius 2 is 1.74 bits per heavy atom. The third-order valence-electron chi connectivity index (χ3n) is 4.79. The van der Waals surface area contributed by atoms with Gasteiger partial charge in [-0.2, -0.15) is 0 Å². The summed E-state index contributed by atoms with van der Waals surface area (Å²) in [5.41, 5.74) is 1.46. The van der Waals surface area contributed by atoms with Crippen molar-refractivity contribution >= 4 is 5.91 Å². The fourth-order valence-corrected chi connectivity index (χ4v) is 3.29. The highest BCUT2D eigenvalue weighted by Gasteiger charge is 2.39. The first-order valence-electron chi connectivity index (χ1n) is 7.59. The molecule has 2 aliphatic rings. The van der Waals surface area contributed by atoms with Gasteiger partial charge in [0.1, 0.15) is 0 Å². The van der Waals surface area contributed by atoms with E-state index in [0.29, 0.717) is 29.7 Å². The van der Waals surface area contributed by atoms with E-state index in [2.05, 4.69) is 42.6 Å². The first-order chi connectivity index (χ1) is 9.24. The quantitative estimate of drug-likeness (QED) is 0.882. The normalized spacial score (nSPS) is 33.7. The summed E-state index contributed by atoms with van der Waals surface area (Å²) in [6, 6.07) is 11.2. The van der Waals surface area contributed by atoms with Gasteiger partial charge >= 0.3 is 0 Å². The lowest BCUT2D eigenvalue weighted by atomic mass is 9.82. The molecule has 1 aromatic rings. The first-order valence-corrected chi connectivity index (χ1v) is 7.59. The molecule has 102 valence electrons. The second-order valence-corrected chi connectivity index (χ2v) is 6.29. The molecule has 0 aliphatic heterocycles. The standard InChI is InChI=1S/C17H23NO/c1-12-11-16(12)17(19)18-15-9-7-14(8-10-15)13-5-3-2-4-6-13/h2-6,12,14-16H,7-11H2,1H3,(H,18,19)/t12-,14?,15?,16+/m1/s1. The number of nitrogens with one attached hydrogen (secondary N) is 1. The molecule has 0 aromatic heterocycles. The van der Waals surface area contributed by atoms with Crippen molar-refractivity contribution in [3.05, 3.63) is 35.9 Å². The van der Waals surface area contributed by atoms with Crippen LogP contribution in [0.2, 0.25) is 0 Å². The van der Waals surface area contributed by atoms with Crippen molar-refractivity contribution in [1.82, 2.24) is 5.32 Å². The highest BCUT2D eigenvalue weighted by molar-refractivity contribution is 5.81. The number of carbonyl (C=O) groups is 1. The van der Waals surface area contributed by atoms with E-state index in [0.717, 1.165) is 19.3 Å². The van der Waals surface area contributed by atoms with Crippen LogP contribution in [0, 0.1) is 11.8 Å². The second-order valence-electron chi connectivity index (χ2n) is 6.29. The minimum absolute atomic E-state index is 0.302. The van der Waals surface area contributed by atoms with E-state index in [-0.39, 0.29) is 0 Å². The summed E-state index contributed by atoms with van der Waals surface area (Å²) < 4.78 is 0. The van der Waals surface area contributed by atoms with E-state index in [1.807, 2.05) is 0 Å². The largest absolute Gasteiger partial charge is 0.353 e. The van der Waals surface area contributed by atoms with Crippen molar-refractivity contribution in [2.45, 2.75) is 51.0 Å². The van der Waals surface area contributed by atoms with Crippen LogP contribution >= 0.6 is 0 Å². The van der Waals surface area contributed by atoms with Crippen LogP contribution in [0.3, 0.4) is 0 Å². The van der Waals surface area contributed by atoms with Crippen LogP contribution in [-0.4, -0.2) is 11.9 Å². The van der Waals surface area contributed by atoms with E-state index < -0.39 is 0 Å². The van der Waals surface area contributed by atoms with E-state index >= 15 is 0 Å². The van der Waals surface area contributed by atoms with Crippen molar-refractivity contribution < 1.29 is 4.79 Å². The number of carbonyl (C=O) groups excluding carboxylic acids is 1. The lowest BCUT2D eigenvalue weighted by Crippen LogP contribution is -2.38. The van der Waals surface area contributed by atoms with Gasteiger partial charge in [-0.15, -0.1) is 0 Å². The van der Waals surface area contributed by atoms with Crippen molar-refractivity contribution in [2.24, 2.45) is 11.8 Å². The zero-order chi connectivity index (χ0) is 13.2. The Balaban J connectivity index is 1.48. The van der Waals surface area contributed by atoms with Crippen LogP contribution in [0.15, 0.2) is 30.3 Å². The molecule has 2 atom stereocenters. The summed E-state index contributed by atoms with van der Waals surface area (Å²) in [7, 11) is 0. The molecule has 0 unspecified atom stereocenters. The molecule has 2 fully saturated rings. The Kier molecular flexibility index (Phi) is 3.58. The molecule has 1 N–H and O–H groups in total. The van der Waals surface area contributed by atoms with Crippen molar-refractivity contribution in [3.63, 3.8) is 0 Å². The fraction of sp³-hybridized carbons (Fsp3) is 0.588. The maximum Gasteiger partial charge on any atom is 0.223 e. The molecule has 0 spiro atoms. The van der Waals surface area contributed by atoms with Crippen LogP contribution < -0.4 is 5.32 Å². The van der Waals surface area contributed by atoms with Crippen LogP contribution in [0.4, 0.5) is 0 Å². The van der Waals surface area contributed by atoms with E-state index in [9.17, 15) is 4.79 Å². The van der Waals surface area contributed by atoms with Gasteiger partial charge in [-0.1, -0.05) is 37.3 Å². The Morgan fingerprint density at radius 3 is 2.32 bits per heavy atom. The predicted octanol–water partition coefficient (Wildman–Crippen LogP) is 3.49. The molecular formula is C17H23NO. The van der Waals surface area contributed by atoms with Gasteiger partial charge < -0.3 is 5.32 Å². The number of rotatable bonds is 3. The SMILES string of the molecule is C[C@@H]1C[C@@H]1C(=O)NC1CCC(c2ccccc2)CC1. The summed E-state index contributed by atoms with van der Waals surface area (Å²) in [6.07, 6.45) is 5.76. The van der Waals surface area contributed by atoms with Gasteiger partial charge in [-0.25, -0.2) is 0 Å². The van der Waals surface area contributed by atoms with Gasteiger partial charge in [0.25, 0.3) is 0 Å². The lowest BCUT2D eigenvalue weighted by molar-refractivity contribution is -0.123. The number of benzene rings is 1. The molecule has 0 saturated heterocycles. The molecule has 3 rings (SSSR count). The van der Waals surface area contributed by atoms with Crippen LogP contribution in [0.1, 0.15) is 50.5 Å². The third-order valence-corrected chi connectivity index (χ3v) is 4.79. The summed E-state index contributed by atoms with van der Waals surface area (Å²) >= 11 is 0. The molecule has 1 aromatic carbocycles. The van der Waals surface area contributed by atoms with Crippen molar-refractivity contribution in [3.8, 4) is 0 Å². The van der Waals surface area contributed by atoms with Gasteiger partial charge in [0.15, 0.2) is 0 Å². The highest BCUT2D eigenvalue weighted by Crippen LogP contribution is 2.38. The van der Waals surface area contributed by atoms with Crippen LogP contribution in [0.25, 0.3) is 0 Å². The van der Waals surface area contributed by atoms with Crippen molar-refractivity contribution in [1.29, 1.82) is 0 Å². The molecule has 0 heterocycles. The summed E-state index contributed by atoms with van der Waals surface area (Å²) in [5, 5.41) is 3.24. The van der Waals surface area contributed by atoms with Gasteiger partial charge in [0.05, 0.1) is 0 Å². The lowest BCUT2D eigenvalue weighted by Gasteiger charge is -2.29. The van der Waals surface area contributed by atoms with E-state index in [4.69, 9.17) is 0 Å². The zero-order valence-corrected chi connectivity index (χ0v) is 11.6. The maximum absolute atomic E-state index is 11.9. The topological polar surface area (TPSA) is 29.1 Å². The molecule has 1 amide bonds. The first kappa shape index (κ1) is 12.7. The molecule has 2 saturated carbocycles. The molecule has 2 heteroatoms. The average molecular weight is 257 g/mol. The smallest absolute Gasteiger partial charge is 0.223 e.